The van der Waals surface area contributed by atoms with Crippen molar-refractivity contribution in [3.63, 3.8) is 0 Å². The van der Waals surface area contributed by atoms with Gasteiger partial charge in [-0.1, -0.05) is 67.2 Å². The lowest BCUT2D eigenvalue weighted by atomic mass is 9.93. The van der Waals surface area contributed by atoms with Gasteiger partial charge in [0.15, 0.2) is 5.82 Å². The molecule has 10 rings (SSSR count). The second-order valence-corrected chi connectivity index (χ2v) is 21.4. The molecule has 0 radical (unpaired) electrons. The fourth-order valence-electron chi connectivity index (χ4n) is 10.9. The van der Waals surface area contributed by atoms with E-state index in [-0.39, 0.29) is 48.5 Å². The Morgan fingerprint density at radius 3 is 2.17 bits per heavy atom. The quantitative estimate of drug-likeness (QED) is 0.102. The number of piperazine rings is 1. The van der Waals surface area contributed by atoms with E-state index in [4.69, 9.17) is 47.4 Å². The van der Waals surface area contributed by atoms with Gasteiger partial charge in [-0.25, -0.2) is 9.78 Å². The number of anilines is 4. The number of carbonyl (C=O) groups is 4. The van der Waals surface area contributed by atoms with Gasteiger partial charge in [0.25, 0.3) is 5.91 Å². The van der Waals surface area contributed by atoms with E-state index in [1.54, 1.807) is 72.5 Å². The summed E-state index contributed by atoms with van der Waals surface area (Å²) in [5, 5.41) is 10.4. The SMILES string of the molecule is CC[C@@H]1C(=O)N(C)c2cnc(Nc3ccc(C(=O)NC4CCN(C)CC4)cc3OC)nc2N1C1CCCC1.COc1ccc(C2=N[C@H](c3ccc(Cl)cc3)[C@H](c3ccc(Cl)cc3)N2C(=O)N2CCNC(=O)C2)c(OC(C)C)c1. The number of likely N-dealkylation sites (N-methyl/N-ethyl adjacent to an activating group) is 1. The number of hydrogen-bond acceptors (Lipinski definition) is 13. The first-order valence-corrected chi connectivity index (χ1v) is 27.6. The topological polar surface area (TPSA) is 186 Å². The van der Waals surface area contributed by atoms with Gasteiger partial charge in [0.2, 0.25) is 17.8 Å². The van der Waals surface area contributed by atoms with Crippen molar-refractivity contribution in [3.05, 3.63) is 123 Å². The minimum atomic E-state index is -0.528. The van der Waals surface area contributed by atoms with Crippen LogP contribution >= 0.6 is 23.2 Å². The highest BCUT2D eigenvalue weighted by molar-refractivity contribution is 6.30. The van der Waals surface area contributed by atoms with Gasteiger partial charge >= 0.3 is 6.03 Å². The number of carbonyl (C=O) groups excluding carboxylic acids is 4. The van der Waals surface area contributed by atoms with Crippen LogP contribution in [0.4, 0.5) is 27.9 Å². The third kappa shape index (κ3) is 12.3. The van der Waals surface area contributed by atoms with Crippen LogP contribution in [0.2, 0.25) is 10.0 Å². The maximum atomic E-state index is 14.3. The molecular formula is C58H69Cl2N11O7. The Kier molecular flexibility index (Phi) is 17.6. The van der Waals surface area contributed by atoms with Crippen molar-refractivity contribution in [2.24, 2.45) is 4.99 Å². The van der Waals surface area contributed by atoms with Crippen LogP contribution in [0.1, 0.15) is 105 Å². The first kappa shape index (κ1) is 55.6. The summed E-state index contributed by atoms with van der Waals surface area (Å²) < 4.78 is 17.3. The maximum absolute atomic E-state index is 14.3. The molecule has 5 amide bonds. The van der Waals surface area contributed by atoms with Crippen LogP contribution in [0.3, 0.4) is 0 Å². The molecule has 3 atom stereocenters. The molecule has 4 aromatic carbocycles. The predicted octanol–water partition coefficient (Wildman–Crippen LogP) is 9.44. The average molecular weight is 1100 g/mol. The number of urea groups is 1. The van der Waals surface area contributed by atoms with Gasteiger partial charge in [-0.05, 0) is 132 Å². The molecule has 0 unspecified atom stereocenters. The summed E-state index contributed by atoms with van der Waals surface area (Å²) in [6.45, 7) is 8.60. The smallest absolute Gasteiger partial charge is 0.326 e. The van der Waals surface area contributed by atoms with Crippen molar-refractivity contribution in [3.8, 4) is 17.2 Å². The summed E-state index contributed by atoms with van der Waals surface area (Å²) in [5.74, 6) is 3.13. The molecule has 18 nitrogen and oxygen atoms in total. The van der Waals surface area contributed by atoms with Crippen molar-refractivity contribution in [1.29, 1.82) is 0 Å². The highest BCUT2D eigenvalue weighted by Crippen LogP contribution is 2.46. The molecule has 1 saturated carbocycles. The molecule has 2 saturated heterocycles. The van der Waals surface area contributed by atoms with E-state index in [0.717, 1.165) is 67.8 Å². The van der Waals surface area contributed by atoms with E-state index in [9.17, 15) is 19.2 Å². The maximum Gasteiger partial charge on any atom is 0.326 e. The lowest BCUT2D eigenvalue weighted by Crippen LogP contribution is -2.55. The number of halogens is 2. The Balaban J connectivity index is 0.000000190. The molecule has 20 heteroatoms. The number of nitrogens with zero attached hydrogens (tertiary/aromatic N) is 8. The molecule has 412 valence electrons. The van der Waals surface area contributed by atoms with E-state index in [1.165, 1.54) is 12.8 Å². The first-order chi connectivity index (χ1) is 37.6. The van der Waals surface area contributed by atoms with Gasteiger partial charge in [-0.15, -0.1) is 0 Å². The van der Waals surface area contributed by atoms with Gasteiger partial charge in [0.1, 0.15) is 47.4 Å². The zero-order chi connectivity index (χ0) is 55.2. The molecule has 5 heterocycles. The summed E-state index contributed by atoms with van der Waals surface area (Å²) in [5.41, 5.74) is 4.31. The number of nitrogens with one attached hydrogen (secondary N) is 3. The molecule has 1 aromatic heterocycles. The molecular weight excluding hydrogens is 1030 g/mol. The Bertz CT molecular complexity index is 3000. The molecule has 5 aromatic rings. The number of hydrogen-bond donors (Lipinski definition) is 3. The van der Waals surface area contributed by atoms with E-state index < -0.39 is 12.1 Å². The third-order valence-electron chi connectivity index (χ3n) is 15.0. The van der Waals surface area contributed by atoms with Crippen LogP contribution in [0.15, 0.2) is 96.1 Å². The first-order valence-electron chi connectivity index (χ1n) is 26.8. The average Bonchev–Trinajstić information content (AvgIpc) is 4.25. The van der Waals surface area contributed by atoms with Crippen LogP contribution in [0, 0.1) is 0 Å². The zero-order valence-electron chi connectivity index (χ0n) is 45.3. The van der Waals surface area contributed by atoms with Crippen molar-refractivity contribution in [2.45, 2.75) is 102 Å². The third-order valence-corrected chi connectivity index (χ3v) is 15.5. The number of rotatable bonds is 13. The van der Waals surface area contributed by atoms with Gasteiger partial charge in [-0.3, -0.25) is 24.3 Å². The Morgan fingerprint density at radius 1 is 0.833 bits per heavy atom. The van der Waals surface area contributed by atoms with E-state index in [0.29, 0.717) is 75.0 Å². The number of benzene rings is 4. The van der Waals surface area contributed by atoms with Crippen LogP contribution < -0.4 is 40.0 Å². The number of ether oxygens (including phenoxy) is 3. The Hall–Kier alpha value is -7.15. The summed E-state index contributed by atoms with van der Waals surface area (Å²) in [4.78, 5) is 76.7. The normalized spacial score (nSPS) is 19.9. The molecule has 5 aliphatic rings. The van der Waals surface area contributed by atoms with E-state index in [1.807, 2.05) is 68.4 Å². The summed E-state index contributed by atoms with van der Waals surface area (Å²) in [6.07, 6.45) is 8.67. The zero-order valence-corrected chi connectivity index (χ0v) is 46.8. The number of methoxy groups -OCH3 is 2. The van der Waals surface area contributed by atoms with Crippen molar-refractivity contribution < 1.29 is 33.4 Å². The highest BCUT2D eigenvalue weighted by atomic mass is 35.5. The number of aliphatic imine (C=N–C) groups is 1. The highest BCUT2D eigenvalue weighted by Gasteiger charge is 2.46. The number of amidine groups is 1. The van der Waals surface area contributed by atoms with E-state index in [2.05, 4.69) is 44.7 Å². The van der Waals surface area contributed by atoms with Gasteiger partial charge < -0.3 is 49.8 Å². The monoisotopic (exact) mass is 1100 g/mol. The molecule has 3 fully saturated rings. The largest absolute Gasteiger partial charge is 0.497 e. The van der Waals surface area contributed by atoms with Crippen molar-refractivity contribution in [1.82, 2.24) is 35.3 Å². The number of fused-ring (bicyclic) bond motifs is 1. The fourth-order valence-corrected chi connectivity index (χ4v) is 11.1. The lowest BCUT2D eigenvalue weighted by molar-refractivity contribution is -0.123. The lowest BCUT2D eigenvalue weighted by Gasteiger charge is -2.43. The van der Waals surface area contributed by atoms with Crippen LogP contribution in [0.25, 0.3) is 0 Å². The van der Waals surface area contributed by atoms with Crippen LogP contribution in [-0.4, -0.2) is 140 Å². The summed E-state index contributed by atoms with van der Waals surface area (Å²) in [7, 11) is 7.07. The molecule has 78 heavy (non-hydrogen) atoms. The number of piperidine rings is 1. The van der Waals surface area contributed by atoms with E-state index >= 15 is 0 Å². The molecule has 0 bridgehead atoms. The minimum Gasteiger partial charge on any atom is -0.497 e. The standard InChI is InChI=1S/C30H30Cl2N4O4.C28H39N7O3/c1-18(2)40-25-16-23(39-3)12-13-24(25)29-34-27(19-4-8-21(31)9-5-19)28(20-6-10-22(32)11-7-20)36(29)30(38)35-15-14-33-26(37)17-35;1-5-22-27(37)34(3)23-17-29-28(32-25(23)35(22)20-8-6-7-9-20)31-21-11-10-18(16-24(21)38-4)26(36)30-19-12-14-33(2)15-13-19/h4-13,16,18,27-28H,14-15,17H2,1-3H3,(H,33,37);10-11,16-17,19-20,22H,5-9,12-15H2,1-4H3,(H,30,36)(H,29,31,32)/t27-,28+;22-/m11/s1. The van der Waals surface area contributed by atoms with Gasteiger partial charge in [0.05, 0.1) is 43.8 Å². The second kappa shape index (κ2) is 24.7. The molecule has 3 N–H and O–H groups in total. The molecule has 0 spiro atoms. The van der Waals surface area contributed by atoms with Crippen molar-refractivity contribution in [2.75, 3.05) is 76.2 Å². The number of likely N-dealkylation sites (tertiary alicyclic amines) is 1. The van der Waals surface area contributed by atoms with Crippen LogP contribution in [-0.2, 0) is 9.59 Å². The number of aromatic nitrogens is 2. The minimum absolute atomic E-state index is 0.0421. The summed E-state index contributed by atoms with van der Waals surface area (Å²) in [6, 6.07) is 24.6. The Morgan fingerprint density at radius 2 is 1.53 bits per heavy atom. The second-order valence-electron chi connectivity index (χ2n) is 20.6. The van der Waals surface area contributed by atoms with Crippen LogP contribution in [0.5, 0.6) is 17.2 Å². The number of amides is 5. The molecule has 1 aliphatic carbocycles. The summed E-state index contributed by atoms with van der Waals surface area (Å²) >= 11 is 12.5. The van der Waals surface area contributed by atoms with Gasteiger partial charge in [-0.2, -0.15) is 4.98 Å². The van der Waals surface area contributed by atoms with Gasteiger partial charge in [0, 0.05) is 53.9 Å². The van der Waals surface area contributed by atoms with Crippen molar-refractivity contribution >= 4 is 75.9 Å². The molecule has 4 aliphatic heterocycles. The fraction of sp³-hybridized carbons (Fsp3) is 0.431. The Labute approximate surface area is 466 Å². The predicted molar refractivity (Wildman–Crippen MR) is 304 cm³/mol.